The number of nitrogens with zero attached hydrogens (tertiary/aromatic N) is 1. The van der Waals surface area contributed by atoms with Crippen LogP contribution in [-0.2, 0) is 0 Å². The van der Waals surface area contributed by atoms with Gasteiger partial charge in [0.25, 0.3) is 0 Å². The molecule has 0 spiro atoms. The zero-order chi connectivity index (χ0) is 12.3. The van der Waals surface area contributed by atoms with Crippen LogP contribution in [0.3, 0.4) is 0 Å². The Bertz CT molecular complexity index is 552. The smallest absolute Gasteiger partial charge is 0.124 e. The molecule has 0 aromatic heterocycles. The van der Waals surface area contributed by atoms with Gasteiger partial charge in [0, 0.05) is 11.8 Å². The Kier molecular flexibility index (Phi) is 3.23. The van der Waals surface area contributed by atoms with Crippen molar-refractivity contribution in [2.45, 2.75) is 0 Å². The number of aromatic hydroxyl groups is 1. The van der Waals surface area contributed by atoms with Crippen molar-refractivity contribution in [3.63, 3.8) is 0 Å². The van der Waals surface area contributed by atoms with Gasteiger partial charge in [-0.2, -0.15) is 0 Å². The van der Waals surface area contributed by atoms with Crippen molar-refractivity contribution in [3.05, 3.63) is 53.8 Å². The summed E-state index contributed by atoms with van der Waals surface area (Å²) in [7, 11) is 5.59. The minimum atomic E-state index is -0.309. The summed E-state index contributed by atoms with van der Waals surface area (Å²) >= 11 is 0. The van der Waals surface area contributed by atoms with Crippen molar-refractivity contribution in [2.24, 2.45) is 4.99 Å². The third kappa shape index (κ3) is 2.94. The molecule has 0 saturated heterocycles. The predicted octanol–water partition coefficient (Wildman–Crippen LogP) is 2.08. The number of rotatable bonds is 2. The Morgan fingerprint density at radius 2 is 1.82 bits per heavy atom. The van der Waals surface area contributed by atoms with Gasteiger partial charge in [0.1, 0.15) is 19.4 Å². The van der Waals surface area contributed by atoms with E-state index >= 15 is 0 Å². The molecule has 2 aromatic carbocycles. The molecule has 0 aliphatic heterocycles. The first-order valence-corrected chi connectivity index (χ1v) is 5.03. The lowest BCUT2D eigenvalue weighted by Crippen LogP contribution is -2.02. The number of phenolic OH excluding ortho intramolecular Hbond substituents is 1. The third-order valence-corrected chi connectivity index (χ3v) is 2.23. The Labute approximate surface area is 99.9 Å². The van der Waals surface area contributed by atoms with Crippen molar-refractivity contribution in [1.29, 1.82) is 0 Å². The molecule has 2 aromatic rings. The molecule has 4 heteroatoms. The van der Waals surface area contributed by atoms with Gasteiger partial charge in [-0.15, -0.1) is 0 Å². The van der Waals surface area contributed by atoms with E-state index in [2.05, 4.69) is 4.99 Å². The molecule has 2 rings (SSSR count). The summed E-state index contributed by atoms with van der Waals surface area (Å²) in [5.41, 5.74) is 1.67. The number of benzene rings is 2. The van der Waals surface area contributed by atoms with Crippen LogP contribution in [0.1, 0.15) is 5.56 Å². The van der Waals surface area contributed by atoms with E-state index in [0.717, 1.165) is 0 Å². The number of halogens is 1. The molecule has 0 heterocycles. The van der Waals surface area contributed by atoms with Gasteiger partial charge in [0.2, 0.25) is 0 Å². The second kappa shape index (κ2) is 4.83. The summed E-state index contributed by atoms with van der Waals surface area (Å²) in [4.78, 5) is 4.11. The van der Waals surface area contributed by atoms with E-state index in [-0.39, 0.29) is 11.6 Å². The summed E-state index contributed by atoms with van der Waals surface area (Å²) < 4.78 is 12.7. The lowest BCUT2D eigenvalue weighted by atomic mass is 9.94. The van der Waals surface area contributed by atoms with Crippen molar-refractivity contribution in [1.82, 2.24) is 0 Å². The van der Waals surface area contributed by atoms with E-state index in [9.17, 15) is 9.50 Å². The van der Waals surface area contributed by atoms with Gasteiger partial charge < -0.3 is 5.11 Å². The molecule has 1 N–H and O–H groups in total. The minimum absolute atomic E-state index is 0.102. The molecule has 17 heavy (non-hydrogen) atoms. The molecular weight excluding hydrogens is 216 g/mol. The maximum absolute atomic E-state index is 12.7. The Hall–Kier alpha value is -2.10. The molecule has 2 radical (unpaired) electrons. The molecule has 0 aliphatic rings. The van der Waals surface area contributed by atoms with Crippen LogP contribution < -0.4 is 5.46 Å². The largest absolute Gasteiger partial charge is 0.507 e. The fraction of sp³-hybridized carbons (Fsp3) is 0. The molecule has 0 amide bonds. The van der Waals surface area contributed by atoms with Gasteiger partial charge in [-0.3, -0.25) is 4.99 Å². The van der Waals surface area contributed by atoms with Crippen LogP contribution in [0.25, 0.3) is 0 Å². The fourth-order valence-electron chi connectivity index (χ4n) is 1.35. The SMILES string of the molecule is [B]c1ccc(O)c(C=Nc2ccc(F)cc2)c1. The maximum Gasteiger partial charge on any atom is 0.124 e. The topological polar surface area (TPSA) is 32.6 Å². The number of aliphatic imine (C=N–C) groups is 1. The highest BCUT2D eigenvalue weighted by Crippen LogP contribution is 2.15. The molecule has 82 valence electrons. The van der Waals surface area contributed by atoms with Gasteiger partial charge in [-0.1, -0.05) is 17.6 Å². The lowest BCUT2D eigenvalue weighted by Gasteiger charge is -2.00. The Balaban J connectivity index is 2.25. The Morgan fingerprint density at radius 1 is 1.12 bits per heavy atom. The quantitative estimate of drug-likeness (QED) is 0.615. The van der Waals surface area contributed by atoms with Gasteiger partial charge in [-0.25, -0.2) is 4.39 Å². The van der Waals surface area contributed by atoms with Crippen LogP contribution in [0.4, 0.5) is 10.1 Å². The average Bonchev–Trinajstić information content (AvgIpc) is 2.32. The van der Waals surface area contributed by atoms with Crippen LogP contribution in [0.5, 0.6) is 5.75 Å². The van der Waals surface area contributed by atoms with Crippen LogP contribution in [0.2, 0.25) is 0 Å². The number of hydrogen-bond donors (Lipinski definition) is 1. The van der Waals surface area contributed by atoms with E-state index in [1.165, 1.54) is 24.4 Å². The van der Waals surface area contributed by atoms with Crippen LogP contribution in [-0.4, -0.2) is 19.2 Å². The normalized spacial score (nSPS) is 10.9. The summed E-state index contributed by atoms with van der Waals surface area (Å²) in [5.74, 6) is -0.208. The minimum Gasteiger partial charge on any atom is -0.507 e. The maximum atomic E-state index is 12.7. The average molecular weight is 225 g/mol. The van der Waals surface area contributed by atoms with Crippen LogP contribution in [0, 0.1) is 5.82 Å². The number of hydrogen-bond acceptors (Lipinski definition) is 2. The van der Waals surface area contributed by atoms with E-state index in [1.807, 2.05) is 0 Å². The highest BCUT2D eigenvalue weighted by atomic mass is 19.1. The van der Waals surface area contributed by atoms with E-state index in [1.54, 1.807) is 24.3 Å². The van der Waals surface area contributed by atoms with Gasteiger partial charge >= 0.3 is 0 Å². The second-order valence-electron chi connectivity index (χ2n) is 3.55. The molecule has 0 saturated carbocycles. The van der Waals surface area contributed by atoms with E-state index in [4.69, 9.17) is 7.85 Å². The van der Waals surface area contributed by atoms with Crippen molar-refractivity contribution in [3.8, 4) is 5.75 Å². The van der Waals surface area contributed by atoms with Crippen molar-refractivity contribution < 1.29 is 9.50 Å². The second-order valence-corrected chi connectivity index (χ2v) is 3.55. The molecule has 2 nitrogen and oxygen atoms in total. The summed E-state index contributed by atoms with van der Waals surface area (Å²) in [6.45, 7) is 0. The van der Waals surface area contributed by atoms with Crippen molar-refractivity contribution >= 4 is 25.2 Å². The van der Waals surface area contributed by atoms with Gasteiger partial charge in [-0.05, 0) is 30.3 Å². The van der Waals surface area contributed by atoms with Gasteiger partial charge in [0.05, 0.1) is 5.69 Å². The van der Waals surface area contributed by atoms with Crippen LogP contribution in [0.15, 0.2) is 47.5 Å². The van der Waals surface area contributed by atoms with Crippen LogP contribution >= 0.6 is 0 Å². The first-order chi connectivity index (χ1) is 8.15. The highest BCUT2D eigenvalue weighted by Gasteiger charge is 1.97. The number of phenols is 1. The molecule has 0 bridgehead atoms. The Morgan fingerprint density at radius 3 is 2.53 bits per heavy atom. The molecule has 0 atom stereocenters. The first kappa shape index (κ1) is 11.4. The van der Waals surface area contributed by atoms with E-state index in [0.29, 0.717) is 16.7 Å². The van der Waals surface area contributed by atoms with Gasteiger partial charge in [0.15, 0.2) is 0 Å². The molecule has 0 fully saturated rings. The zero-order valence-electron chi connectivity index (χ0n) is 8.97. The zero-order valence-corrected chi connectivity index (χ0v) is 8.97. The monoisotopic (exact) mass is 225 g/mol. The molecule has 0 aliphatic carbocycles. The first-order valence-electron chi connectivity index (χ1n) is 5.03. The summed E-state index contributed by atoms with van der Waals surface area (Å²) in [6.07, 6.45) is 1.49. The fourth-order valence-corrected chi connectivity index (χ4v) is 1.35. The third-order valence-electron chi connectivity index (χ3n) is 2.23. The standard InChI is InChI=1S/C13H9BFNO/c14-10-1-6-13(17)9(7-10)8-16-12-4-2-11(15)3-5-12/h1-8,17H. The molecule has 0 unspecified atom stereocenters. The van der Waals surface area contributed by atoms with Crippen molar-refractivity contribution in [2.75, 3.05) is 0 Å². The summed E-state index contributed by atoms with van der Waals surface area (Å²) in [6, 6.07) is 10.5. The lowest BCUT2D eigenvalue weighted by molar-refractivity contribution is 0.474. The highest BCUT2D eigenvalue weighted by molar-refractivity contribution is 6.32. The van der Waals surface area contributed by atoms with E-state index < -0.39 is 0 Å². The predicted molar refractivity (Wildman–Crippen MR) is 67.1 cm³/mol. The molecular formula is C13H9BFNO. The summed E-state index contributed by atoms with van der Waals surface area (Å²) in [5, 5.41) is 9.55.